The van der Waals surface area contributed by atoms with Gasteiger partial charge in [-0.05, 0) is 29.5 Å². The van der Waals surface area contributed by atoms with Gasteiger partial charge in [-0.2, -0.15) is 0 Å². The van der Waals surface area contributed by atoms with Crippen LogP contribution in [0.15, 0.2) is 30.6 Å². The molecule has 1 fully saturated rings. The number of hydrogen-bond donors (Lipinski definition) is 0. The Balaban J connectivity index is 1.92. The van der Waals surface area contributed by atoms with Crippen LogP contribution in [0.1, 0.15) is 12.5 Å². The van der Waals surface area contributed by atoms with Gasteiger partial charge in [-0.25, -0.2) is 4.68 Å². The van der Waals surface area contributed by atoms with Gasteiger partial charge < -0.3 is 9.47 Å². The first-order chi connectivity index (χ1) is 9.21. The van der Waals surface area contributed by atoms with Crippen molar-refractivity contribution in [3.05, 3.63) is 36.2 Å². The molecule has 3 rings (SSSR count). The third kappa shape index (κ3) is 2.34. The minimum absolute atomic E-state index is 0.0802. The van der Waals surface area contributed by atoms with E-state index in [1.165, 1.54) is 0 Å². The Morgan fingerprint density at radius 3 is 3.11 bits per heavy atom. The zero-order valence-electron chi connectivity index (χ0n) is 10.4. The fraction of sp³-hybridized carbons (Fsp3) is 0.417. The Morgan fingerprint density at radius 1 is 1.53 bits per heavy atom. The highest BCUT2D eigenvalue weighted by atomic mass is 35.5. The smallest absolute Gasteiger partial charge is 0.192 e. The first-order valence-corrected chi connectivity index (χ1v) is 6.46. The van der Waals surface area contributed by atoms with Crippen LogP contribution in [0.2, 0.25) is 0 Å². The lowest BCUT2D eigenvalue weighted by Gasteiger charge is -2.24. The summed E-state index contributed by atoms with van der Waals surface area (Å²) in [7, 11) is 0. The van der Waals surface area contributed by atoms with Crippen molar-refractivity contribution < 1.29 is 9.47 Å². The molecule has 6 nitrogen and oxygen atoms in total. The van der Waals surface area contributed by atoms with Crippen LogP contribution >= 0.6 is 11.6 Å². The highest BCUT2D eigenvalue weighted by Gasteiger charge is 2.38. The molecule has 0 N–H and O–H groups in total. The van der Waals surface area contributed by atoms with Crippen molar-refractivity contribution in [3.63, 3.8) is 0 Å². The normalized spacial score (nSPS) is 26.7. The second-order valence-electron chi connectivity index (χ2n) is 4.46. The van der Waals surface area contributed by atoms with E-state index >= 15 is 0 Å². The summed E-state index contributed by atoms with van der Waals surface area (Å²) >= 11 is 5.80. The average molecular weight is 281 g/mol. The maximum Gasteiger partial charge on any atom is 0.192 e. The molecule has 0 spiro atoms. The Labute approximate surface area is 115 Å². The second-order valence-corrected chi connectivity index (χ2v) is 4.76. The Morgan fingerprint density at radius 2 is 2.42 bits per heavy atom. The summed E-state index contributed by atoms with van der Waals surface area (Å²) in [5, 5.41) is 11.1. The van der Waals surface area contributed by atoms with Crippen molar-refractivity contribution in [1.82, 2.24) is 20.2 Å². The number of aromatic nitrogens is 4. The summed E-state index contributed by atoms with van der Waals surface area (Å²) < 4.78 is 13.2. The highest BCUT2D eigenvalue weighted by molar-refractivity contribution is 6.18. The minimum atomic E-state index is -0.774. The Hall–Kier alpha value is -1.50. The highest BCUT2D eigenvalue weighted by Crippen LogP contribution is 2.34. The maximum atomic E-state index is 5.84. The van der Waals surface area contributed by atoms with Crippen molar-refractivity contribution >= 4 is 11.6 Å². The monoisotopic (exact) mass is 280 g/mol. The number of halogens is 1. The van der Waals surface area contributed by atoms with E-state index in [0.29, 0.717) is 12.5 Å². The lowest BCUT2D eigenvalue weighted by Crippen LogP contribution is -2.24. The van der Waals surface area contributed by atoms with Gasteiger partial charge in [-0.3, -0.25) is 0 Å². The minimum Gasteiger partial charge on any atom is -0.343 e. The molecule has 19 heavy (non-hydrogen) atoms. The van der Waals surface area contributed by atoms with E-state index in [4.69, 9.17) is 21.1 Å². The maximum absolute atomic E-state index is 5.84. The SMILES string of the molecule is CC1(c2cccc(-n3cnnn3)c2)OCC(CCl)O1. The molecular weight excluding hydrogens is 268 g/mol. The quantitative estimate of drug-likeness (QED) is 0.797. The lowest BCUT2D eigenvalue weighted by molar-refractivity contribution is -0.159. The van der Waals surface area contributed by atoms with E-state index in [-0.39, 0.29) is 6.10 Å². The molecule has 2 atom stereocenters. The fourth-order valence-electron chi connectivity index (χ4n) is 2.08. The van der Waals surface area contributed by atoms with Crippen molar-refractivity contribution in [2.24, 2.45) is 0 Å². The van der Waals surface area contributed by atoms with Crippen LogP contribution in [0.3, 0.4) is 0 Å². The van der Waals surface area contributed by atoms with E-state index in [2.05, 4.69) is 15.5 Å². The van der Waals surface area contributed by atoms with E-state index in [9.17, 15) is 0 Å². The van der Waals surface area contributed by atoms with Crippen molar-refractivity contribution in [2.45, 2.75) is 18.8 Å². The number of rotatable bonds is 3. The van der Waals surface area contributed by atoms with Crippen molar-refractivity contribution in [2.75, 3.05) is 12.5 Å². The molecule has 7 heteroatoms. The van der Waals surface area contributed by atoms with Gasteiger partial charge >= 0.3 is 0 Å². The molecule has 1 saturated heterocycles. The molecule has 2 heterocycles. The molecule has 1 aliphatic heterocycles. The first kappa shape index (κ1) is 12.5. The molecule has 0 saturated carbocycles. The summed E-state index contributed by atoms with van der Waals surface area (Å²) in [6.07, 6.45) is 1.46. The standard InChI is InChI=1S/C12H13ClN4O2/c1-12(18-7-11(6-13)19-12)9-3-2-4-10(5-9)17-8-14-15-16-17/h2-5,8,11H,6-7H2,1H3. The molecule has 1 aromatic carbocycles. The predicted molar refractivity (Wildman–Crippen MR) is 68.1 cm³/mol. The van der Waals surface area contributed by atoms with Crippen LogP contribution in [-0.2, 0) is 15.3 Å². The number of ether oxygens (including phenoxy) is 2. The zero-order chi connectivity index (χ0) is 13.3. The van der Waals surface area contributed by atoms with E-state index in [0.717, 1.165) is 11.3 Å². The number of benzene rings is 1. The van der Waals surface area contributed by atoms with Crippen LogP contribution in [0.5, 0.6) is 0 Å². The molecular formula is C12H13ClN4O2. The number of hydrogen-bond acceptors (Lipinski definition) is 5. The van der Waals surface area contributed by atoms with E-state index in [1.807, 2.05) is 31.2 Å². The molecule has 0 radical (unpaired) electrons. The topological polar surface area (TPSA) is 62.1 Å². The summed E-state index contributed by atoms with van der Waals surface area (Å²) in [5.74, 6) is -0.355. The molecule has 0 bridgehead atoms. The number of nitrogens with zero attached hydrogens (tertiary/aromatic N) is 4. The van der Waals surface area contributed by atoms with Gasteiger partial charge in [-0.1, -0.05) is 12.1 Å². The summed E-state index contributed by atoms with van der Waals surface area (Å²) in [5.41, 5.74) is 1.76. The lowest BCUT2D eigenvalue weighted by atomic mass is 10.1. The van der Waals surface area contributed by atoms with Gasteiger partial charge in [0.2, 0.25) is 0 Å². The van der Waals surface area contributed by atoms with Crippen LogP contribution in [0.25, 0.3) is 5.69 Å². The van der Waals surface area contributed by atoms with Gasteiger partial charge in [0, 0.05) is 5.56 Å². The third-order valence-electron chi connectivity index (χ3n) is 3.09. The summed E-state index contributed by atoms with van der Waals surface area (Å²) in [6.45, 7) is 2.38. The average Bonchev–Trinajstić information content (AvgIpc) is 3.09. The predicted octanol–water partition coefficient (Wildman–Crippen LogP) is 1.49. The summed E-state index contributed by atoms with van der Waals surface area (Å²) in [6, 6.07) is 7.72. The molecule has 0 amide bonds. The number of alkyl halides is 1. The van der Waals surface area contributed by atoms with Crippen LogP contribution in [-0.4, -0.2) is 38.8 Å². The van der Waals surface area contributed by atoms with Gasteiger partial charge in [0.1, 0.15) is 6.33 Å². The zero-order valence-corrected chi connectivity index (χ0v) is 11.1. The largest absolute Gasteiger partial charge is 0.343 e. The van der Waals surface area contributed by atoms with Crippen molar-refractivity contribution in [1.29, 1.82) is 0 Å². The van der Waals surface area contributed by atoms with E-state index < -0.39 is 5.79 Å². The van der Waals surface area contributed by atoms with Gasteiger partial charge in [0.05, 0.1) is 24.3 Å². The van der Waals surface area contributed by atoms with Crippen molar-refractivity contribution in [3.8, 4) is 5.69 Å². The third-order valence-corrected chi connectivity index (χ3v) is 3.44. The Kier molecular flexibility index (Phi) is 3.22. The molecule has 2 aromatic rings. The van der Waals surface area contributed by atoms with Gasteiger partial charge in [0.15, 0.2) is 5.79 Å². The number of tetrazole rings is 1. The van der Waals surface area contributed by atoms with Gasteiger partial charge in [-0.15, -0.1) is 16.7 Å². The van der Waals surface area contributed by atoms with Gasteiger partial charge in [0.25, 0.3) is 0 Å². The fourth-order valence-corrected chi connectivity index (χ4v) is 2.23. The molecule has 0 aliphatic carbocycles. The molecule has 1 aromatic heterocycles. The van der Waals surface area contributed by atoms with Crippen LogP contribution < -0.4 is 0 Å². The molecule has 2 unspecified atom stereocenters. The second kappa shape index (κ2) is 4.88. The van der Waals surface area contributed by atoms with E-state index in [1.54, 1.807) is 11.0 Å². The molecule has 1 aliphatic rings. The van der Waals surface area contributed by atoms with Crippen LogP contribution in [0.4, 0.5) is 0 Å². The summed E-state index contributed by atoms with van der Waals surface area (Å²) in [4.78, 5) is 0. The first-order valence-electron chi connectivity index (χ1n) is 5.93. The Bertz CT molecular complexity index is 563. The molecule has 100 valence electrons. The van der Waals surface area contributed by atoms with Crippen LogP contribution in [0, 0.1) is 0 Å².